The van der Waals surface area contributed by atoms with Gasteiger partial charge in [0.1, 0.15) is 4.49 Å². The molecule has 1 rings (SSSR count). The molecule has 1 aliphatic heterocycles. The van der Waals surface area contributed by atoms with E-state index in [1.54, 1.807) is 14.7 Å². The molecule has 1 amide bonds. The van der Waals surface area contributed by atoms with Gasteiger partial charge in [0, 0.05) is 71.0 Å². The minimum atomic E-state index is -0.982. The molecule has 3 N–H and O–H groups in total. The highest BCUT2D eigenvalue weighted by Crippen LogP contribution is 2.12. The monoisotopic (exact) mass is 813 g/mol. The van der Waals surface area contributed by atoms with Crippen LogP contribution in [0.3, 0.4) is 0 Å². The van der Waals surface area contributed by atoms with Crippen molar-refractivity contribution >= 4 is 58.6 Å². The average molecular weight is 815 g/mol. The van der Waals surface area contributed by atoms with Crippen molar-refractivity contribution in [3.63, 3.8) is 0 Å². The molecule has 0 aromatic rings. The summed E-state index contributed by atoms with van der Waals surface area (Å²) in [5.41, 5.74) is 1.09. The molecule has 53 heavy (non-hydrogen) atoms. The first-order chi connectivity index (χ1) is 25.4. The maximum atomic E-state index is 13.8. The minimum Gasteiger partial charge on any atom is -0.480 e. The Hall–Kier alpha value is -1.67. The molecule has 0 bridgehead atoms. The Morgan fingerprint density at radius 3 is 0.981 bits per heavy atom. The van der Waals surface area contributed by atoms with Gasteiger partial charge in [0.05, 0.1) is 26.2 Å². The summed E-state index contributed by atoms with van der Waals surface area (Å²) >= 11 is 14.8. The van der Waals surface area contributed by atoms with E-state index < -0.39 is 17.9 Å². The average Bonchev–Trinajstić information content (AvgIpc) is 3.10. The fourth-order valence-corrected chi connectivity index (χ4v) is 6.31. The van der Waals surface area contributed by atoms with Crippen LogP contribution in [0.2, 0.25) is 0 Å². The molecule has 0 saturated carbocycles. The largest absolute Gasteiger partial charge is 0.480 e. The van der Waals surface area contributed by atoms with E-state index in [4.69, 9.17) is 34.8 Å². The van der Waals surface area contributed by atoms with Gasteiger partial charge in [-0.05, 0) is 12.8 Å². The summed E-state index contributed by atoms with van der Waals surface area (Å²) in [6.45, 7) is 8.79. The van der Waals surface area contributed by atoms with Gasteiger partial charge in [-0.1, -0.05) is 139 Å². The fourth-order valence-electron chi connectivity index (χ4n) is 6.31. The number of carbonyl (C=O) groups excluding carboxylic acids is 1. The highest BCUT2D eigenvalue weighted by Gasteiger charge is 2.22. The third-order valence-corrected chi connectivity index (χ3v) is 10.0. The van der Waals surface area contributed by atoms with Gasteiger partial charge >= 0.3 is 17.9 Å². The van der Waals surface area contributed by atoms with Gasteiger partial charge in [0.2, 0.25) is 5.91 Å². The Bertz CT molecular complexity index is 955. The number of aliphatic carboxylic acids is 3. The number of hydrogen-bond donors (Lipinski definition) is 3. The van der Waals surface area contributed by atoms with Gasteiger partial charge in [-0.3, -0.25) is 38.8 Å². The Kier molecular flexibility index (Phi) is 33.7. The number of halogens is 3. The maximum Gasteiger partial charge on any atom is 0.317 e. The minimum absolute atomic E-state index is 0.0789. The van der Waals surface area contributed by atoms with Crippen LogP contribution in [0.25, 0.3) is 0 Å². The third-order valence-electron chi connectivity index (χ3n) is 9.36. The van der Waals surface area contributed by atoms with Crippen molar-refractivity contribution in [2.24, 2.45) is 0 Å². The highest BCUT2D eigenvalue weighted by atomic mass is 35.5. The van der Waals surface area contributed by atoms with E-state index in [-0.39, 0.29) is 36.6 Å². The van der Waals surface area contributed by atoms with Crippen molar-refractivity contribution in [3.8, 4) is 0 Å². The summed E-state index contributed by atoms with van der Waals surface area (Å²) in [6, 6.07) is 0. The normalized spacial score (nSPS) is 15.4. The zero-order valence-electron chi connectivity index (χ0n) is 32.6. The van der Waals surface area contributed by atoms with Gasteiger partial charge in [0.15, 0.2) is 0 Å². The van der Waals surface area contributed by atoms with E-state index in [1.807, 2.05) is 9.80 Å². The van der Waals surface area contributed by atoms with E-state index >= 15 is 0 Å². The Morgan fingerprint density at radius 1 is 0.491 bits per heavy atom. The van der Waals surface area contributed by atoms with Gasteiger partial charge in [-0.25, -0.2) is 0 Å². The molecule has 1 saturated heterocycles. The fraction of sp³-hybridized carbons (Fsp3) is 0.842. The molecule has 12 nitrogen and oxygen atoms in total. The van der Waals surface area contributed by atoms with Crippen LogP contribution in [0.5, 0.6) is 0 Å². The van der Waals surface area contributed by atoms with E-state index in [0.717, 1.165) is 44.3 Å². The van der Waals surface area contributed by atoms with E-state index in [1.165, 1.54) is 77.0 Å². The summed E-state index contributed by atoms with van der Waals surface area (Å²) < 4.78 is 0.0895. The van der Waals surface area contributed by atoms with Crippen LogP contribution >= 0.6 is 34.8 Å². The second-order valence-electron chi connectivity index (χ2n) is 14.0. The lowest BCUT2D eigenvalue weighted by molar-refractivity contribution is -0.140. The van der Waals surface area contributed by atoms with Crippen LogP contribution in [0.1, 0.15) is 117 Å². The van der Waals surface area contributed by atoms with Crippen molar-refractivity contribution in [1.82, 2.24) is 24.5 Å². The molecule has 310 valence electrons. The van der Waals surface area contributed by atoms with E-state index in [9.17, 15) is 34.5 Å². The van der Waals surface area contributed by atoms with Gasteiger partial charge in [-0.15, -0.1) is 0 Å². The van der Waals surface area contributed by atoms with Crippen LogP contribution in [-0.4, -0.2) is 155 Å². The first-order valence-electron chi connectivity index (χ1n) is 19.9. The standard InChI is InChI=1S/C36H69N5O7.C2HCl3/c1-3-5-7-9-11-13-15-17-19-41(20-18-16-14-12-10-8-6-4-2)33(42)29-37-21-23-38(30-34(43)44)25-27-40(32-36(47)48)28-26-39(24-22-37)31-35(45)46;3-1-2(4)5/h3-32H2,1-2H3,(H,43,44)(H,45,46)(H,47,48);1H. The number of rotatable bonds is 26. The molecular weight excluding hydrogens is 745 g/mol. The predicted molar refractivity (Wildman–Crippen MR) is 216 cm³/mol. The highest BCUT2D eigenvalue weighted by molar-refractivity contribution is 6.58. The third kappa shape index (κ3) is 32.3. The molecular formula is C38H70Cl3N5O7. The zero-order valence-corrected chi connectivity index (χ0v) is 34.9. The molecule has 0 unspecified atom stereocenters. The second-order valence-corrected chi connectivity index (χ2v) is 15.2. The summed E-state index contributed by atoms with van der Waals surface area (Å²) in [7, 11) is 0. The van der Waals surface area contributed by atoms with Crippen LogP contribution in [0.4, 0.5) is 0 Å². The molecule has 1 aliphatic rings. The summed E-state index contributed by atoms with van der Waals surface area (Å²) in [6.07, 6.45) is 19.3. The van der Waals surface area contributed by atoms with Crippen LogP contribution < -0.4 is 0 Å². The molecule has 0 atom stereocenters. The molecule has 1 fully saturated rings. The number of hydrogen-bond acceptors (Lipinski definition) is 8. The Morgan fingerprint density at radius 2 is 0.736 bits per heavy atom. The van der Waals surface area contributed by atoms with Gasteiger partial charge in [-0.2, -0.15) is 0 Å². The van der Waals surface area contributed by atoms with Crippen molar-refractivity contribution in [3.05, 3.63) is 10.0 Å². The molecule has 0 aromatic heterocycles. The molecule has 1 heterocycles. The number of unbranched alkanes of at least 4 members (excludes halogenated alkanes) is 14. The van der Waals surface area contributed by atoms with Gasteiger partial charge < -0.3 is 20.2 Å². The predicted octanol–water partition coefficient (Wildman–Crippen LogP) is 7.07. The second kappa shape index (κ2) is 34.8. The number of carboxylic acid groups (broad SMARTS) is 3. The maximum absolute atomic E-state index is 13.8. The molecule has 0 spiro atoms. The number of amides is 1. The Labute approximate surface area is 334 Å². The van der Waals surface area contributed by atoms with Crippen LogP contribution in [-0.2, 0) is 19.2 Å². The van der Waals surface area contributed by atoms with Crippen molar-refractivity contribution in [1.29, 1.82) is 0 Å². The van der Waals surface area contributed by atoms with Crippen LogP contribution in [0, 0.1) is 0 Å². The molecule has 0 aromatic carbocycles. The van der Waals surface area contributed by atoms with Crippen molar-refractivity contribution in [2.45, 2.75) is 117 Å². The quantitative estimate of drug-likeness (QED) is 0.0772. The smallest absolute Gasteiger partial charge is 0.317 e. The topological polar surface area (TPSA) is 145 Å². The summed E-state index contributed by atoms with van der Waals surface area (Å²) in [5, 5.41) is 28.4. The molecule has 15 heteroatoms. The lowest BCUT2D eigenvalue weighted by atomic mass is 10.1. The van der Waals surface area contributed by atoms with E-state index in [2.05, 4.69) is 13.8 Å². The molecule has 0 radical (unpaired) electrons. The lowest BCUT2D eigenvalue weighted by Gasteiger charge is -2.33. The first-order valence-corrected chi connectivity index (χ1v) is 21.0. The van der Waals surface area contributed by atoms with E-state index in [0.29, 0.717) is 52.4 Å². The lowest BCUT2D eigenvalue weighted by Crippen LogP contribution is -2.50. The SMILES string of the molecule is CCCCCCCCCCN(CCCCCCCCCC)C(=O)CN1CCN(CC(=O)O)CCN(CC(=O)O)CCN(CC(=O)O)CC1.ClC=C(Cl)Cl. The van der Waals surface area contributed by atoms with Crippen LogP contribution in [0.15, 0.2) is 10.0 Å². The summed E-state index contributed by atoms with van der Waals surface area (Å²) in [5.74, 6) is -2.81. The number of carbonyl (C=O) groups is 4. The zero-order chi connectivity index (χ0) is 39.7. The Balaban J connectivity index is 0.00000504. The number of carboxylic acids is 3. The first kappa shape index (κ1) is 51.3. The molecule has 0 aliphatic carbocycles. The van der Waals surface area contributed by atoms with Crippen molar-refractivity contribution in [2.75, 3.05) is 91.6 Å². The van der Waals surface area contributed by atoms with Crippen molar-refractivity contribution < 1.29 is 34.5 Å². The van der Waals surface area contributed by atoms with Gasteiger partial charge in [0.25, 0.3) is 0 Å². The summed E-state index contributed by atoms with van der Waals surface area (Å²) in [4.78, 5) is 57.9. The number of nitrogens with zero attached hydrogens (tertiary/aromatic N) is 5.